The fourth-order valence-electron chi connectivity index (χ4n) is 2.29. The fourth-order valence-corrected chi connectivity index (χ4v) is 3.14. The highest BCUT2D eigenvalue weighted by Gasteiger charge is 2.14. The van der Waals surface area contributed by atoms with Crippen molar-refractivity contribution >= 4 is 33.1 Å². The number of rotatable bonds is 4. The summed E-state index contributed by atoms with van der Waals surface area (Å²) in [4.78, 5) is 12.4. The SMILES string of the molecule is CCOc1cccc(NC(=O)c2cc3sccc3n2C)c1. The fraction of sp³-hybridized carbons (Fsp3) is 0.188. The maximum atomic E-state index is 12.4. The van der Waals surface area contributed by atoms with Crippen LogP contribution >= 0.6 is 11.3 Å². The van der Waals surface area contributed by atoms with Crippen molar-refractivity contribution in [3.8, 4) is 5.75 Å². The molecule has 1 N–H and O–H groups in total. The number of hydrogen-bond donors (Lipinski definition) is 1. The molecule has 0 radical (unpaired) electrons. The summed E-state index contributed by atoms with van der Waals surface area (Å²) in [5.74, 6) is 0.637. The van der Waals surface area contributed by atoms with E-state index in [1.807, 2.05) is 60.3 Å². The Kier molecular flexibility index (Phi) is 3.66. The average Bonchev–Trinajstić information content (AvgIpc) is 3.03. The number of benzene rings is 1. The lowest BCUT2D eigenvalue weighted by atomic mass is 10.3. The van der Waals surface area contributed by atoms with Crippen LogP contribution in [-0.4, -0.2) is 17.1 Å². The summed E-state index contributed by atoms with van der Waals surface area (Å²) >= 11 is 1.63. The van der Waals surface area contributed by atoms with Gasteiger partial charge in [-0.3, -0.25) is 4.79 Å². The molecule has 3 rings (SSSR count). The van der Waals surface area contributed by atoms with Crippen molar-refractivity contribution in [3.63, 3.8) is 0 Å². The zero-order chi connectivity index (χ0) is 14.8. The predicted octanol–water partition coefficient (Wildman–Crippen LogP) is 3.89. The maximum absolute atomic E-state index is 12.4. The average molecular weight is 300 g/mol. The van der Waals surface area contributed by atoms with E-state index in [4.69, 9.17) is 4.74 Å². The summed E-state index contributed by atoms with van der Waals surface area (Å²) < 4.78 is 8.46. The van der Waals surface area contributed by atoms with Crippen molar-refractivity contribution in [2.45, 2.75) is 6.92 Å². The second kappa shape index (κ2) is 5.61. The molecule has 0 fully saturated rings. The first-order chi connectivity index (χ1) is 10.2. The van der Waals surface area contributed by atoms with Crippen LogP contribution in [0.15, 0.2) is 41.8 Å². The molecule has 0 saturated carbocycles. The molecule has 2 aromatic heterocycles. The lowest BCUT2D eigenvalue weighted by molar-refractivity contribution is 0.102. The number of nitrogens with one attached hydrogen (secondary N) is 1. The monoisotopic (exact) mass is 300 g/mol. The first kappa shape index (κ1) is 13.7. The molecule has 0 saturated heterocycles. The number of ether oxygens (including phenoxy) is 1. The molecule has 21 heavy (non-hydrogen) atoms. The van der Waals surface area contributed by atoms with E-state index in [9.17, 15) is 4.79 Å². The van der Waals surface area contributed by atoms with Crippen molar-refractivity contribution in [2.24, 2.45) is 7.05 Å². The molecule has 0 aliphatic heterocycles. The number of nitrogens with zero attached hydrogens (tertiary/aromatic N) is 1. The molecule has 3 aromatic rings. The molecular formula is C16H16N2O2S. The third-order valence-corrected chi connectivity index (χ3v) is 4.15. The maximum Gasteiger partial charge on any atom is 0.272 e. The highest BCUT2D eigenvalue weighted by atomic mass is 32.1. The number of carbonyl (C=O) groups is 1. The van der Waals surface area contributed by atoms with Crippen LogP contribution in [0, 0.1) is 0 Å². The molecule has 5 heteroatoms. The standard InChI is InChI=1S/C16H16N2O2S/c1-3-20-12-6-4-5-11(9-12)17-16(19)14-10-15-13(18(14)2)7-8-21-15/h4-10H,3H2,1-2H3,(H,17,19). The van der Waals surface area contributed by atoms with E-state index in [0.29, 0.717) is 12.3 Å². The molecule has 0 bridgehead atoms. The van der Waals surface area contributed by atoms with Gasteiger partial charge in [-0.05, 0) is 36.6 Å². The lowest BCUT2D eigenvalue weighted by Crippen LogP contribution is -2.15. The molecule has 0 aliphatic carbocycles. The van der Waals surface area contributed by atoms with Crippen LogP contribution in [0.2, 0.25) is 0 Å². The summed E-state index contributed by atoms with van der Waals surface area (Å²) in [6.45, 7) is 2.54. The number of aromatic nitrogens is 1. The number of hydrogen-bond acceptors (Lipinski definition) is 3. The van der Waals surface area contributed by atoms with Gasteiger partial charge in [-0.2, -0.15) is 0 Å². The van der Waals surface area contributed by atoms with Gasteiger partial charge in [0.05, 0.1) is 16.8 Å². The molecule has 108 valence electrons. The van der Waals surface area contributed by atoms with E-state index in [2.05, 4.69) is 5.32 Å². The lowest BCUT2D eigenvalue weighted by Gasteiger charge is -2.08. The Labute approximate surface area is 127 Å². The van der Waals surface area contributed by atoms with Gasteiger partial charge in [-0.25, -0.2) is 0 Å². The Morgan fingerprint density at radius 3 is 2.95 bits per heavy atom. The first-order valence-electron chi connectivity index (χ1n) is 6.76. The first-order valence-corrected chi connectivity index (χ1v) is 7.64. The zero-order valence-electron chi connectivity index (χ0n) is 11.9. The van der Waals surface area contributed by atoms with Gasteiger partial charge in [-0.15, -0.1) is 11.3 Å². The Hall–Kier alpha value is -2.27. The van der Waals surface area contributed by atoms with Crippen molar-refractivity contribution in [1.29, 1.82) is 0 Å². The highest BCUT2D eigenvalue weighted by Crippen LogP contribution is 2.25. The minimum atomic E-state index is -0.116. The van der Waals surface area contributed by atoms with Crippen LogP contribution in [0.5, 0.6) is 5.75 Å². The van der Waals surface area contributed by atoms with Crippen LogP contribution in [0.4, 0.5) is 5.69 Å². The predicted molar refractivity (Wildman–Crippen MR) is 86.4 cm³/mol. The Balaban J connectivity index is 1.84. The number of thiophene rings is 1. The van der Waals surface area contributed by atoms with Crippen LogP contribution in [0.1, 0.15) is 17.4 Å². The molecule has 0 aliphatic rings. The van der Waals surface area contributed by atoms with Gasteiger partial charge < -0.3 is 14.6 Å². The number of anilines is 1. The van der Waals surface area contributed by atoms with E-state index in [1.54, 1.807) is 11.3 Å². The minimum absolute atomic E-state index is 0.116. The van der Waals surface area contributed by atoms with Crippen molar-refractivity contribution in [2.75, 3.05) is 11.9 Å². The summed E-state index contributed by atoms with van der Waals surface area (Å²) in [6.07, 6.45) is 0. The van der Waals surface area contributed by atoms with Gasteiger partial charge in [0.1, 0.15) is 11.4 Å². The van der Waals surface area contributed by atoms with Gasteiger partial charge in [0.25, 0.3) is 5.91 Å². The van der Waals surface area contributed by atoms with Gasteiger partial charge in [0.2, 0.25) is 0 Å². The third-order valence-electron chi connectivity index (χ3n) is 3.30. The summed E-state index contributed by atoms with van der Waals surface area (Å²) in [6, 6.07) is 11.4. The molecule has 1 amide bonds. The van der Waals surface area contributed by atoms with Crippen LogP contribution < -0.4 is 10.1 Å². The zero-order valence-corrected chi connectivity index (χ0v) is 12.7. The Bertz CT molecular complexity index is 789. The normalized spacial score (nSPS) is 10.8. The molecule has 0 spiro atoms. The van der Waals surface area contributed by atoms with Crippen molar-refractivity contribution < 1.29 is 9.53 Å². The van der Waals surface area contributed by atoms with E-state index in [-0.39, 0.29) is 5.91 Å². The van der Waals surface area contributed by atoms with Crippen LogP contribution in [0.25, 0.3) is 10.2 Å². The Morgan fingerprint density at radius 1 is 1.33 bits per heavy atom. The minimum Gasteiger partial charge on any atom is -0.494 e. The number of aryl methyl sites for hydroxylation is 1. The topological polar surface area (TPSA) is 43.3 Å². The van der Waals surface area contributed by atoms with Crippen molar-refractivity contribution in [1.82, 2.24) is 4.57 Å². The van der Waals surface area contributed by atoms with Crippen molar-refractivity contribution in [3.05, 3.63) is 47.5 Å². The second-order valence-electron chi connectivity index (χ2n) is 4.67. The van der Waals surface area contributed by atoms with Gasteiger partial charge >= 0.3 is 0 Å². The molecule has 0 unspecified atom stereocenters. The number of fused-ring (bicyclic) bond motifs is 1. The number of amides is 1. The largest absolute Gasteiger partial charge is 0.494 e. The Morgan fingerprint density at radius 2 is 2.19 bits per heavy atom. The van der Waals surface area contributed by atoms with E-state index >= 15 is 0 Å². The smallest absolute Gasteiger partial charge is 0.272 e. The number of carbonyl (C=O) groups excluding carboxylic acids is 1. The van der Waals surface area contributed by atoms with Gasteiger partial charge in [0.15, 0.2) is 0 Å². The molecule has 4 nitrogen and oxygen atoms in total. The third kappa shape index (κ3) is 2.64. The second-order valence-corrected chi connectivity index (χ2v) is 5.62. The van der Waals surface area contributed by atoms with E-state index in [1.165, 1.54) is 0 Å². The summed E-state index contributed by atoms with van der Waals surface area (Å²) in [5, 5.41) is 4.94. The van der Waals surface area contributed by atoms with Crippen LogP contribution in [-0.2, 0) is 7.05 Å². The summed E-state index contributed by atoms with van der Waals surface area (Å²) in [7, 11) is 1.90. The molecule has 2 heterocycles. The molecule has 1 aromatic carbocycles. The highest BCUT2D eigenvalue weighted by molar-refractivity contribution is 7.17. The van der Waals surface area contributed by atoms with E-state index < -0.39 is 0 Å². The summed E-state index contributed by atoms with van der Waals surface area (Å²) in [5.41, 5.74) is 2.46. The van der Waals surface area contributed by atoms with Gasteiger partial charge in [-0.1, -0.05) is 6.07 Å². The van der Waals surface area contributed by atoms with Gasteiger partial charge in [0, 0.05) is 18.8 Å². The molecular weight excluding hydrogens is 284 g/mol. The molecule has 0 atom stereocenters. The van der Waals surface area contributed by atoms with E-state index in [0.717, 1.165) is 21.7 Å². The quantitative estimate of drug-likeness (QED) is 0.794. The van der Waals surface area contributed by atoms with Crippen LogP contribution in [0.3, 0.4) is 0 Å².